The van der Waals surface area contributed by atoms with E-state index in [0.717, 1.165) is 4.57 Å². The van der Waals surface area contributed by atoms with E-state index in [4.69, 9.17) is 0 Å². The molecule has 0 fully saturated rings. The molecule has 4 nitrogen and oxygen atoms in total. The first kappa shape index (κ1) is 8.99. The van der Waals surface area contributed by atoms with E-state index in [2.05, 4.69) is 4.98 Å². The maximum atomic E-state index is 11.1. The van der Waals surface area contributed by atoms with Crippen LogP contribution in [0.3, 0.4) is 0 Å². The van der Waals surface area contributed by atoms with Gasteiger partial charge in [-0.3, -0.25) is 9.59 Å². The maximum absolute atomic E-state index is 11.1. The van der Waals surface area contributed by atoms with Gasteiger partial charge in [0.25, 0.3) is 5.56 Å². The lowest BCUT2D eigenvalue weighted by Crippen LogP contribution is -2.25. The summed E-state index contributed by atoms with van der Waals surface area (Å²) in [5.74, 6) is -0.308. The van der Waals surface area contributed by atoms with Gasteiger partial charge in [-0.2, -0.15) is 0 Å². The molecule has 0 N–H and O–H groups in total. The Labute approximate surface area is 73.6 Å². The Morgan fingerprint density at radius 1 is 1.67 bits per heavy atom. The van der Waals surface area contributed by atoms with Crippen molar-refractivity contribution in [3.05, 3.63) is 22.6 Å². The first-order valence-electron chi connectivity index (χ1n) is 3.30. The lowest BCUT2D eigenvalue weighted by molar-refractivity contribution is 0.0919. The summed E-state index contributed by atoms with van der Waals surface area (Å²) in [5, 5.41) is 0.426. The van der Waals surface area contributed by atoms with Crippen LogP contribution in [0.25, 0.3) is 0 Å². The van der Waals surface area contributed by atoms with Crippen molar-refractivity contribution in [2.24, 2.45) is 0 Å². The van der Waals surface area contributed by atoms with Crippen molar-refractivity contribution in [2.45, 2.75) is 12.1 Å². The van der Waals surface area contributed by atoms with Gasteiger partial charge in [0.05, 0.1) is 0 Å². The number of hydrogen-bond acceptors (Lipinski definition) is 4. The zero-order valence-corrected chi connectivity index (χ0v) is 7.59. The maximum Gasteiger partial charge on any atom is 0.260 e. The Balaban J connectivity index is 3.40. The van der Waals surface area contributed by atoms with Gasteiger partial charge < -0.3 is 0 Å². The third-order valence-electron chi connectivity index (χ3n) is 1.31. The fraction of sp³-hybridized carbons (Fsp3) is 0.286. The van der Waals surface area contributed by atoms with E-state index in [1.54, 1.807) is 6.26 Å². The third kappa shape index (κ3) is 1.55. The largest absolute Gasteiger partial charge is 0.274 e. The van der Waals surface area contributed by atoms with Crippen LogP contribution in [-0.4, -0.2) is 21.7 Å². The average Bonchev–Trinajstić information content (AvgIpc) is 2.03. The number of hydrogen-bond donors (Lipinski definition) is 0. The molecule has 0 atom stereocenters. The number of thioether (sulfide) groups is 1. The highest BCUT2D eigenvalue weighted by Gasteiger charge is 2.06. The number of aromatic nitrogens is 2. The quantitative estimate of drug-likeness (QED) is 0.474. The van der Waals surface area contributed by atoms with Gasteiger partial charge in [-0.15, -0.1) is 0 Å². The van der Waals surface area contributed by atoms with E-state index in [9.17, 15) is 9.59 Å². The van der Waals surface area contributed by atoms with Crippen LogP contribution in [0.2, 0.25) is 0 Å². The molecule has 64 valence electrons. The first-order chi connectivity index (χ1) is 5.66. The second-order valence-corrected chi connectivity index (χ2v) is 2.90. The average molecular weight is 184 g/mol. The van der Waals surface area contributed by atoms with Crippen LogP contribution in [-0.2, 0) is 0 Å². The number of rotatable bonds is 1. The van der Waals surface area contributed by atoms with E-state index in [0.29, 0.717) is 5.16 Å². The van der Waals surface area contributed by atoms with E-state index in [1.165, 1.54) is 30.9 Å². The minimum absolute atomic E-state index is 0.308. The lowest BCUT2D eigenvalue weighted by Gasteiger charge is -2.03. The second kappa shape index (κ2) is 3.53. The lowest BCUT2D eigenvalue weighted by atomic mass is 10.6. The zero-order chi connectivity index (χ0) is 9.14. The predicted octanol–water partition coefficient (Wildman–Crippen LogP) is 0.625. The van der Waals surface area contributed by atoms with Crippen molar-refractivity contribution in [1.29, 1.82) is 0 Å². The van der Waals surface area contributed by atoms with Gasteiger partial charge in [0.1, 0.15) is 0 Å². The van der Waals surface area contributed by atoms with Gasteiger partial charge in [0, 0.05) is 19.2 Å². The summed E-state index contributed by atoms with van der Waals surface area (Å²) >= 11 is 1.27. The summed E-state index contributed by atoms with van der Waals surface area (Å²) < 4.78 is 1.05. The van der Waals surface area contributed by atoms with Crippen molar-refractivity contribution in [3.63, 3.8) is 0 Å². The third-order valence-corrected chi connectivity index (χ3v) is 1.96. The molecular weight excluding hydrogens is 176 g/mol. The molecule has 0 saturated carbocycles. The van der Waals surface area contributed by atoms with Crippen LogP contribution < -0.4 is 5.56 Å². The Morgan fingerprint density at radius 3 is 2.75 bits per heavy atom. The highest BCUT2D eigenvalue weighted by Crippen LogP contribution is 2.07. The van der Waals surface area contributed by atoms with E-state index in [-0.39, 0.29) is 11.5 Å². The van der Waals surface area contributed by atoms with Crippen LogP contribution in [0.5, 0.6) is 0 Å². The monoisotopic (exact) mass is 184 g/mol. The molecule has 1 aromatic heterocycles. The highest BCUT2D eigenvalue weighted by molar-refractivity contribution is 7.98. The molecule has 0 aromatic carbocycles. The summed E-state index contributed by atoms with van der Waals surface area (Å²) in [7, 11) is 0. The van der Waals surface area contributed by atoms with Crippen LogP contribution in [0.1, 0.15) is 11.7 Å². The van der Waals surface area contributed by atoms with Gasteiger partial charge in [0.15, 0.2) is 5.16 Å². The molecule has 0 unspecified atom stereocenters. The molecule has 5 heteroatoms. The molecule has 1 heterocycles. The Kier molecular flexibility index (Phi) is 2.65. The molecule has 0 bridgehead atoms. The fourth-order valence-electron chi connectivity index (χ4n) is 0.825. The summed E-state index contributed by atoms with van der Waals surface area (Å²) in [4.78, 5) is 26.0. The van der Waals surface area contributed by atoms with E-state index in [1.807, 2.05) is 0 Å². The van der Waals surface area contributed by atoms with Crippen LogP contribution in [0, 0.1) is 0 Å². The number of nitrogens with zero attached hydrogens (tertiary/aromatic N) is 2. The fourth-order valence-corrected chi connectivity index (χ4v) is 1.39. The van der Waals surface area contributed by atoms with Crippen molar-refractivity contribution < 1.29 is 4.79 Å². The molecule has 0 spiro atoms. The zero-order valence-electron chi connectivity index (χ0n) is 6.77. The van der Waals surface area contributed by atoms with Crippen molar-refractivity contribution in [2.75, 3.05) is 6.26 Å². The Morgan fingerprint density at radius 2 is 2.33 bits per heavy atom. The summed E-state index contributed by atoms with van der Waals surface area (Å²) in [6.07, 6.45) is 3.16. The molecule has 1 rings (SSSR count). The molecule has 0 radical (unpaired) electrons. The summed E-state index contributed by atoms with van der Waals surface area (Å²) in [5.41, 5.74) is -0.332. The molecular formula is C7H8N2O2S. The summed E-state index contributed by atoms with van der Waals surface area (Å²) in [6, 6.07) is 1.26. The highest BCUT2D eigenvalue weighted by atomic mass is 32.2. The molecule has 0 amide bonds. The number of carbonyl (C=O) groups excluding carboxylic acids is 1. The second-order valence-electron chi connectivity index (χ2n) is 2.12. The van der Waals surface area contributed by atoms with Crippen molar-refractivity contribution in [3.8, 4) is 0 Å². The van der Waals surface area contributed by atoms with Crippen LogP contribution >= 0.6 is 11.8 Å². The molecule has 0 aliphatic carbocycles. The minimum Gasteiger partial charge on any atom is -0.274 e. The van der Waals surface area contributed by atoms with Gasteiger partial charge in [0.2, 0.25) is 5.91 Å². The normalized spacial score (nSPS) is 9.83. The minimum atomic E-state index is -0.332. The Bertz CT molecular complexity index is 359. The topological polar surface area (TPSA) is 52.0 Å². The van der Waals surface area contributed by atoms with Crippen molar-refractivity contribution in [1.82, 2.24) is 9.55 Å². The van der Waals surface area contributed by atoms with Gasteiger partial charge in [-0.1, -0.05) is 11.8 Å². The predicted molar refractivity (Wildman–Crippen MR) is 46.6 cm³/mol. The van der Waals surface area contributed by atoms with Gasteiger partial charge >= 0.3 is 0 Å². The Hall–Kier alpha value is -1.10. The summed E-state index contributed by atoms with van der Waals surface area (Å²) in [6.45, 7) is 1.34. The van der Waals surface area contributed by atoms with Crippen LogP contribution in [0.15, 0.2) is 22.2 Å². The standard InChI is InChI=1S/C7H8N2O2S/c1-5(10)9-6(11)3-4-8-7(9)12-2/h3-4H,1-2H3. The van der Waals surface area contributed by atoms with E-state index < -0.39 is 0 Å². The molecule has 0 aliphatic rings. The van der Waals surface area contributed by atoms with Gasteiger partial charge in [-0.25, -0.2) is 9.55 Å². The first-order valence-corrected chi connectivity index (χ1v) is 4.52. The molecule has 0 aliphatic heterocycles. The van der Waals surface area contributed by atoms with E-state index >= 15 is 0 Å². The molecule has 12 heavy (non-hydrogen) atoms. The van der Waals surface area contributed by atoms with Crippen molar-refractivity contribution >= 4 is 17.7 Å². The number of carbonyl (C=O) groups is 1. The SMILES string of the molecule is CSc1nccc(=O)n1C(C)=O. The van der Waals surface area contributed by atoms with Crippen LogP contribution in [0.4, 0.5) is 0 Å². The molecule has 1 aromatic rings. The smallest absolute Gasteiger partial charge is 0.260 e. The van der Waals surface area contributed by atoms with Gasteiger partial charge in [-0.05, 0) is 6.26 Å². The molecule has 0 saturated heterocycles.